The Kier molecular flexibility index (Phi) is 7.39. The summed E-state index contributed by atoms with van der Waals surface area (Å²) in [6.07, 6.45) is 0. The molecule has 0 bridgehead atoms. The molecule has 33 heavy (non-hydrogen) atoms. The minimum atomic E-state index is -3.72. The third-order valence-electron chi connectivity index (χ3n) is 5.41. The Hall–Kier alpha value is -3.20. The summed E-state index contributed by atoms with van der Waals surface area (Å²) < 4.78 is 33.0. The Labute approximate surface area is 194 Å². The quantitative estimate of drug-likeness (QED) is 0.533. The molecule has 3 aromatic carbocycles. The molecule has 0 radical (unpaired) electrons. The predicted octanol–water partition coefficient (Wildman–Crippen LogP) is 3.25. The molecule has 1 heterocycles. The first-order chi connectivity index (χ1) is 16.0. The Morgan fingerprint density at radius 3 is 2.30 bits per heavy atom. The molecular formula is C25H27N3O4S. The third-order valence-corrected chi connectivity index (χ3v) is 6.80. The van der Waals surface area contributed by atoms with Gasteiger partial charge in [0.2, 0.25) is 0 Å². The Morgan fingerprint density at radius 2 is 1.58 bits per heavy atom. The zero-order valence-corrected chi connectivity index (χ0v) is 19.1. The molecule has 0 atom stereocenters. The predicted molar refractivity (Wildman–Crippen MR) is 127 cm³/mol. The molecule has 0 aromatic heterocycles. The first kappa shape index (κ1) is 23.0. The SMILES string of the molecule is O=C(NCc1cccc(CN2CCOCC2)c1)c1ccc(S(=O)(=O)Nc2ccccc2)cc1. The number of morpholine rings is 1. The van der Waals surface area contributed by atoms with Gasteiger partial charge in [-0.2, -0.15) is 0 Å². The van der Waals surface area contributed by atoms with Gasteiger partial charge in [0.05, 0.1) is 18.1 Å². The van der Waals surface area contributed by atoms with Crippen molar-refractivity contribution in [2.45, 2.75) is 18.0 Å². The molecule has 172 valence electrons. The van der Waals surface area contributed by atoms with Gasteiger partial charge in [-0.15, -0.1) is 0 Å². The van der Waals surface area contributed by atoms with E-state index in [1.165, 1.54) is 29.8 Å². The molecule has 7 nitrogen and oxygen atoms in total. The maximum Gasteiger partial charge on any atom is 0.261 e. The molecule has 1 fully saturated rings. The molecule has 2 N–H and O–H groups in total. The highest BCUT2D eigenvalue weighted by Crippen LogP contribution is 2.16. The summed E-state index contributed by atoms with van der Waals surface area (Å²) in [6.45, 7) is 4.63. The number of benzene rings is 3. The van der Waals surface area contributed by atoms with Crippen LogP contribution in [0.25, 0.3) is 0 Å². The van der Waals surface area contributed by atoms with E-state index in [1.54, 1.807) is 24.3 Å². The van der Waals surface area contributed by atoms with Crippen molar-refractivity contribution < 1.29 is 17.9 Å². The van der Waals surface area contributed by atoms with Crippen LogP contribution in [0.15, 0.2) is 83.8 Å². The molecule has 0 spiro atoms. The Morgan fingerprint density at radius 1 is 0.879 bits per heavy atom. The number of rotatable bonds is 8. The number of hydrogen-bond acceptors (Lipinski definition) is 5. The Bertz CT molecular complexity index is 1180. The van der Waals surface area contributed by atoms with Crippen LogP contribution in [0, 0.1) is 0 Å². The zero-order valence-electron chi connectivity index (χ0n) is 18.2. The number of nitrogens with zero attached hydrogens (tertiary/aromatic N) is 1. The molecule has 1 amide bonds. The monoisotopic (exact) mass is 465 g/mol. The highest BCUT2D eigenvalue weighted by atomic mass is 32.2. The second-order valence-electron chi connectivity index (χ2n) is 7.89. The molecule has 1 saturated heterocycles. The Balaban J connectivity index is 1.34. The second kappa shape index (κ2) is 10.6. The summed E-state index contributed by atoms with van der Waals surface area (Å²) in [7, 11) is -3.72. The van der Waals surface area contributed by atoms with Gasteiger partial charge in [-0.05, 0) is 47.5 Å². The minimum absolute atomic E-state index is 0.0960. The van der Waals surface area contributed by atoms with Crippen LogP contribution in [-0.2, 0) is 27.8 Å². The molecule has 1 aliphatic heterocycles. The normalized spacial score (nSPS) is 14.5. The van der Waals surface area contributed by atoms with E-state index in [0.717, 1.165) is 38.4 Å². The first-order valence-corrected chi connectivity index (χ1v) is 12.3. The van der Waals surface area contributed by atoms with Gasteiger partial charge >= 0.3 is 0 Å². The van der Waals surface area contributed by atoms with Crippen LogP contribution in [0.1, 0.15) is 21.5 Å². The molecule has 4 rings (SSSR count). The van der Waals surface area contributed by atoms with Crippen LogP contribution in [-0.4, -0.2) is 45.5 Å². The van der Waals surface area contributed by atoms with Crippen LogP contribution in [0.5, 0.6) is 0 Å². The molecule has 1 aliphatic rings. The van der Waals surface area contributed by atoms with E-state index in [2.05, 4.69) is 27.1 Å². The molecule has 0 saturated carbocycles. The van der Waals surface area contributed by atoms with Gasteiger partial charge < -0.3 is 10.1 Å². The lowest BCUT2D eigenvalue weighted by Crippen LogP contribution is -2.35. The summed E-state index contributed by atoms with van der Waals surface area (Å²) in [4.78, 5) is 15.0. The molecule has 8 heteroatoms. The van der Waals surface area contributed by atoms with Crippen molar-refractivity contribution in [1.29, 1.82) is 0 Å². The van der Waals surface area contributed by atoms with Crippen LogP contribution in [0.3, 0.4) is 0 Å². The summed E-state index contributed by atoms with van der Waals surface area (Å²) in [6, 6.07) is 22.7. The lowest BCUT2D eigenvalue weighted by molar-refractivity contribution is 0.0342. The van der Waals surface area contributed by atoms with Gasteiger partial charge in [0, 0.05) is 37.4 Å². The van der Waals surface area contributed by atoms with E-state index < -0.39 is 10.0 Å². The van der Waals surface area contributed by atoms with Crippen molar-refractivity contribution in [3.8, 4) is 0 Å². The van der Waals surface area contributed by atoms with E-state index in [1.807, 2.05) is 18.2 Å². The number of ether oxygens (including phenoxy) is 1. The van der Waals surface area contributed by atoms with Crippen LogP contribution >= 0.6 is 0 Å². The lowest BCUT2D eigenvalue weighted by atomic mass is 10.1. The summed E-state index contributed by atoms with van der Waals surface area (Å²) in [5.74, 6) is -0.256. The number of anilines is 1. The third kappa shape index (κ3) is 6.41. The van der Waals surface area contributed by atoms with Crippen molar-refractivity contribution in [1.82, 2.24) is 10.2 Å². The first-order valence-electron chi connectivity index (χ1n) is 10.8. The van der Waals surface area contributed by atoms with E-state index in [-0.39, 0.29) is 10.8 Å². The maximum absolute atomic E-state index is 12.6. The number of nitrogens with one attached hydrogen (secondary N) is 2. The number of amides is 1. The van der Waals surface area contributed by atoms with Crippen LogP contribution in [0.2, 0.25) is 0 Å². The average molecular weight is 466 g/mol. The number of para-hydroxylation sites is 1. The fraction of sp³-hybridized carbons (Fsp3) is 0.240. The topological polar surface area (TPSA) is 87.7 Å². The van der Waals surface area contributed by atoms with E-state index in [4.69, 9.17) is 4.74 Å². The van der Waals surface area contributed by atoms with E-state index >= 15 is 0 Å². The summed E-state index contributed by atoms with van der Waals surface area (Å²) in [5.41, 5.74) is 3.10. The average Bonchev–Trinajstić information content (AvgIpc) is 2.84. The minimum Gasteiger partial charge on any atom is -0.379 e. The van der Waals surface area contributed by atoms with Gasteiger partial charge in [0.25, 0.3) is 15.9 Å². The highest BCUT2D eigenvalue weighted by molar-refractivity contribution is 7.92. The number of hydrogen-bond donors (Lipinski definition) is 2. The van der Waals surface area contributed by atoms with Gasteiger partial charge in [0.15, 0.2) is 0 Å². The highest BCUT2D eigenvalue weighted by Gasteiger charge is 2.15. The number of sulfonamides is 1. The molecule has 0 aliphatic carbocycles. The van der Waals surface area contributed by atoms with Gasteiger partial charge in [-0.25, -0.2) is 8.42 Å². The van der Waals surface area contributed by atoms with Gasteiger partial charge in [-0.3, -0.25) is 14.4 Å². The second-order valence-corrected chi connectivity index (χ2v) is 9.57. The van der Waals surface area contributed by atoms with Crippen LogP contribution < -0.4 is 10.0 Å². The molecule has 0 unspecified atom stereocenters. The van der Waals surface area contributed by atoms with Gasteiger partial charge in [0.1, 0.15) is 0 Å². The van der Waals surface area contributed by atoms with Crippen molar-refractivity contribution in [3.63, 3.8) is 0 Å². The zero-order chi connectivity index (χ0) is 23.1. The lowest BCUT2D eigenvalue weighted by Gasteiger charge is -2.26. The smallest absolute Gasteiger partial charge is 0.261 e. The number of carbonyl (C=O) groups is 1. The maximum atomic E-state index is 12.6. The van der Waals surface area contributed by atoms with Crippen molar-refractivity contribution in [2.75, 3.05) is 31.0 Å². The fourth-order valence-corrected chi connectivity index (χ4v) is 4.70. The summed E-state index contributed by atoms with van der Waals surface area (Å²) >= 11 is 0. The fourth-order valence-electron chi connectivity index (χ4n) is 3.65. The molecular weight excluding hydrogens is 438 g/mol. The number of carbonyl (C=O) groups excluding carboxylic acids is 1. The van der Waals surface area contributed by atoms with Crippen molar-refractivity contribution in [3.05, 3.63) is 95.6 Å². The van der Waals surface area contributed by atoms with Crippen molar-refractivity contribution in [2.24, 2.45) is 0 Å². The summed E-state index contributed by atoms with van der Waals surface area (Å²) in [5, 5.41) is 2.91. The van der Waals surface area contributed by atoms with Crippen molar-refractivity contribution >= 4 is 21.6 Å². The van der Waals surface area contributed by atoms with E-state index in [9.17, 15) is 13.2 Å². The van der Waals surface area contributed by atoms with Gasteiger partial charge in [-0.1, -0.05) is 42.5 Å². The van der Waals surface area contributed by atoms with E-state index in [0.29, 0.717) is 17.8 Å². The largest absolute Gasteiger partial charge is 0.379 e. The van der Waals surface area contributed by atoms with Crippen LogP contribution in [0.4, 0.5) is 5.69 Å². The standard InChI is InChI=1S/C25H27N3O4S/c29-25(26-18-20-5-4-6-21(17-20)19-28-13-15-32-16-14-28)22-9-11-24(12-10-22)33(30,31)27-23-7-2-1-3-8-23/h1-12,17,27H,13-16,18-19H2,(H,26,29). The molecule has 3 aromatic rings.